The molecule has 0 saturated heterocycles. The normalized spacial score (nSPS) is 49.9. The first-order valence-electron chi connectivity index (χ1n) is 11.7. The van der Waals surface area contributed by atoms with Crippen LogP contribution in [0.5, 0.6) is 0 Å². The van der Waals surface area contributed by atoms with Crippen LogP contribution in [0.1, 0.15) is 85.0 Å². The van der Waals surface area contributed by atoms with Crippen LogP contribution < -0.4 is 34.7 Å². The summed E-state index contributed by atoms with van der Waals surface area (Å²) >= 11 is 0. The molecule has 10 atom stereocenters. The molecule has 4 aliphatic carbocycles. The number of carboxylic acids is 1. The third kappa shape index (κ3) is 3.88. The van der Waals surface area contributed by atoms with Crippen LogP contribution in [0.4, 0.5) is 0 Å². The molecule has 160 valence electrons. The van der Waals surface area contributed by atoms with Gasteiger partial charge in [-0.3, -0.25) is 0 Å². The standard InChI is InChI=1S/C24H40O4.Na/c1-14(4-9-22(27)28)18-7-8-19-17-6-5-15-12-16(25)10-11-23(15,2)20(17)13-21(26)24(18,19)3;/h14-21,25-26H,4-13H2,1-3H3,(H,27,28);/q;+1/p-1/t14-,15-,16+,17+,18+,19+,20+,21+,23+,24-;/m1./s1. The molecule has 4 fully saturated rings. The van der Waals surface area contributed by atoms with Crippen molar-refractivity contribution in [1.82, 2.24) is 0 Å². The largest absolute Gasteiger partial charge is 1.00 e. The SMILES string of the molecule is C[C@H](CCC(=O)[O-])[C@@H]1CC[C@H]2[C@@H]3CC[C@@H]4C[C@@H](O)CC[C@]4(C)[C@H]3C[C@H](O)[C@@]21C.[Na+]. The molecule has 0 aromatic heterocycles. The zero-order valence-electron chi connectivity index (χ0n) is 18.9. The van der Waals surface area contributed by atoms with Crippen molar-refractivity contribution < 1.29 is 49.7 Å². The molecule has 0 bridgehead atoms. The van der Waals surface area contributed by atoms with E-state index in [9.17, 15) is 20.1 Å². The van der Waals surface area contributed by atoms with Crippen LogP contribution in [0.3, 0.4) is 0 Å². The summed E-state index contributed by atoms with van der Waals surface area (Å²) in [6, 6.07) is 0. The number of hydrogen-bond acceptors (Lipinski definition) is 4. The van der Waals surface area contributed by atoms with Crippen molar-refractivity contribution in [2.24, 2.45) is 46.3 Å². The van der Waals surface area contributed by atoms with Crippen molar-refractivity contribution in [3.63, 3.8) is 0 Å². The fourth-order valence-electron chi connectivity index (χ4n) is 8.71. The number of carboxylic acid groups (broad SMARTS) is 1. The molecule has 29 heavy (non-hydrogen) atoms. The van der Waals surface area contributed by atoms with Gasteiger partial charge in [0.1, 0.15) is 0 Å². The molecule has 4 rings (SSSR count). The van der Waals surface area contributed by atoms with Crippen LogP contribution in [0, 0.1) is 46.3 Å². The number of fused-ring (bicyclic) bond motifs is 5. The van der Waals surface area contributed by atoms with Gasteiger partial charge in [-0.2, -0.15) is 0 Å². The Morgan fingerprint density at radius 3 is 2.48 bits per heavy atom. The van der Waals surface area contributed by atoms with Gasteiger partial charge in [-0.25, -0.2) is 0 Å². The summed E-state index contributed by atoms with van der Waals surface area (Å²) < 4.78 is 0. The van der Waals surface area contributed by atoms with Gasteiger partial charge in [0.05, 0.1) is 12.2 Å². The predicted octanol–water partition coefficient (Wildman–Crippen LogP) is 0.147. The molecule has 4 saturated carbocycles. The second kappa shape index (κ2) is 8.73. The van der Waals surface area contributed by atoms with Crippen LogP contribution in [0.15, 0.2) is 0 Å². The minimum Gasteiger partial charge on any atom is -0.550 e. The maximum absolute atomic E-state index is 11.5. The molecule has 0 heterocycles. The Hall–Kier alpha value is 0.390. The molecule has 4 nitrogen and oxygen atoms in total. The van der Waals surface area contributed by atoms with Crippen molar-refractivity contribution in [2.45, 2.75) is 97.2 Å². The predicted molar refractivity (Wildman–Crippen MR) is 106 cm³/mol. The van der Waals surface area contributed by atoms with Gasteiger partial charge in [0.25, 0.3) is 0 Å². The summed E-state index contributed by atoms with van der Waals surface area (Å²) in [4.78, 5) is 10.9. The van der Waals surface area contributed by atoms with E-state index in [1.165, 1.54) is 19.3 Å². The smallest absolute Gasteiger partial charge is 0.550 e. The van der Waals surface area contributed by atoms with Gasteiger partial charge >= 0.3 is 29.6 Å². The Bertz CT molecular complexity index is 612. The van der Waals surface area contributed by atoms with Crippen LogP contribution in [-0.4, -0.2) is 28.4 Å². The molecule has 0 aromatic rings. The van der Waals surface area contributed by atoms with Gasteiger partial charge in [0.15, 0.2) is 0 Å². The number of aliphatic hydroxyl groups excluding tert-OH is 2. The Labute approximate surface area is 198 Å². The topological polar surface area (TPSA) is 80.6 Å². The molecule has 0 amide bonds. The Kier molecular flexibility index (Phi) is 7.24. The van der Waals surface area contributed by atoms with Gasteiger partial charge in [-0.1, -0.05) is 20.8 Å². The van der Waals surface area contributed by atoms with E-state index in [4.69, 9.17) is 0 Å². The first kappa shape index (κ1) is 24.0. The second-order valence-corrected chi connectivity index (χ2v) is 11.3. The third-order valence-corrected chi connectivity index (χ3v) is 10.3. The second-order valence-electron chi connectivity index (χ2n) is 11.3. The molecule has 5 heteroatoms. The fourth-order valence-corrected chi connectivity index (χ4v) is 8.71. The van der Waals surface area contributed by atoms with Gasteiger partial charge in [0.2, 0.25) is 0 Å². The summed E-state index contributed by atoms with van der Waals surface area (Å²) in [5.74, 6) is 2.19. The molecular weight excluding hydrogens is 375 g/mol. The number of carbonyl (C=O) groups is 1. The van der Waals surface area contributed by atoms with E-state index in [0.717, 1.165) is 32.1 Å². The van der Waals surface area contributed by atoms with Crippen molar-refractivity contribution in [1.29, 1.82) is 0 Å². The van der Waals surface area contributed by atoms with Crippen LogP contribution >= 0.6 is 0 Å². The summed E-state index contributed by atoms with van der Waals surface area (Å²) in [5.41, 5.74) is 0.188. The van der Waals surface area contributed by atoms with Crippen molar-refractivity contribution >= 4 is 5.97 Å². The average Bonchev–Trinajstić information content (AvgIpc) is 3.00. The third-order valence-electron chi connectivity index (χ3n) is 10.3. The molecule has 0 spiro atoms. The number of hydrogen-bond donors (Lipinski definition) is 2. The van der Waals surface area contributed by atoms with Gasteiger partial charge in [-0.05, 0) is 111 Å². The minimum absolute atomic E-state index is 0. The number of aliphatic carboxylic acids is 1. The summed E-state index contributed by atoms with van der Waals surface area (Å²) in [6.45, 7) is 6.94. The van der Waals surface area contributed by atoms with Crippen molar-refractivity contribution in [3.8, 4) is 0 Å². The Morgan fingerprint density at radius 2 is 1.79 bits per heavy atom. The van der Waals surface area contributed by atoms with E-state index >= 15 is 0 Å². The summed E-state index contributed by atoms with van der Waals surface area (Å²) in [5, 5.41) is 32.6. The monoisotopic (exact) mass is 414 g/mol. The van der Waals surface area contributed by atoms with E-state index in [-0.39, 0.29) is 59.0 Å². The first-order chi connectivity index (χ1) is 13.2. The molecular formula is C24H39NaO4. The van der Waals surface area contributed by atoms with Gasteiger partial charge < -0.3 is 20.1 Å². The molecule has 0 aromatic carbocycles. The van der Waals surface area contributed by atoms with E-state index in [1.807, 2.05) is 0 Å². The van der Waals surface area contributed by atoms with E-state index in [1.54, 1.807) is 0 Å². The molecule has 0 aliphatic heterocycles. The quantitative estimate of drug-likeness (QED) is 0.642. The number of carbonyl (C=O) groups excluding carboxylic acids is 1. The minimum atomic E-state index is -0.957. The van der Waals surface area contributed by atoms with Crippen molar-refractivity contribution in [2.75, 3.05) is 0 Å². The molecule has 0 unspecified atom stereocenters. The van der Waals surface area contributed by atoms with Crippen molar-refractivity contribution in [3.05, 3.63) is 0 Å². The van der Waals surface area contributed by atoms with E-state index in [2.05, 4.69) is 20.8 Å². The summed E-state index contributed by atoms with van der Waals surface area (Å²) in [7, 11) is 0. The molecule has 0 radical (unpaired) electrons. The molecule has 4 aliphatic rings. The van der Waals surface area contributed by atoms with Gasteiger partial charge in [-0.15, -0.1) is 0 Å². The first-order valence-corrected chi connectivity index (χ1v) is 11.7. The van der Waals surface area contributed by atoms with Crippen LogP contribution in [0.2, 0.25) is 0 Å². The Morgan fingerprint density at radius 1 is 1.07 bits per heavy atom. The maximum atomic E-state index is 11.5. The molecule has 2 N–H and O–H groups in total. The zero-order valence-corrected chi connectivity index (χ0v) is 20.9. The zero-order chi connectivity index (χ0) is 20.3. The number of rotatable bonds is 4. The fraction of sp³-hybridized carbons (Fsp3) is 0.958. The van der Waals surface area contributed by atoms with E-state index < -0.39 is 5.97 Å². The van der Waals surface area contributed by atoms with E-state index in [0.29, 0.717) is 41.9 Å². The number of aliphatic hydroxyl groups is 2. The van der Waals surface area contributed by atoms with Crippen LogP contribution in [0.25, 0.3) is 0 Å². The Balaban J connectivity index is 0.00000240. The maximum Gasteiger partial charge on any atom is 1.00 e. The van der Waals surface area contributed by atoms with Crippen LogP contribution in [-0.2, 0) is 4.79 Å². The summed E-state index contributed by atoms with van der Waals surface area (Å²) in [6.07, 6.45) is 8.98. The average molecular weight is 415 g/mol. The van der Waals surface area contributed by atoms with Gasteiger partial charge in [0, 0.05) is 5.97 Å².